The lowest BCUT2D eigenvalue weighted by Gasteiger charge is -2.41. The van der Waals surface area contributed by atoms with Crippen molar-refractivity contribution in [3.05, 3.63) is 65.5 Å². The first kappa shape index (κ1) is 16.9. The molecular formula is C19H22FNO3. The molecule has 1 heterocycles. The minimum absolute atomic E-state index is 0.0450. The molecule has 2 aromatic rings. The van der Waals surface area contributed by atoms with E-state index in [1.807, 2.05) is 30.3 Å². The summed E-state index contributed by atoms with van der Waals surface area (Å²) in [7, 11) is 1.54. The normalized spacial score (nSPS) is 21.6. The zero-order valence-electron chi connectivity index (χ0n) is 13.7. The quantitative estimate of drug-likeness (QED) is 0.915. The zero-order chi connectivity index (χ0) is 16.9. The molecule has 0 spiro atoms. The van der Waals surface area contributed by atoms with Crippen LogP contribution >= 0.6 is 0 Å². The number of rotatable bonds is 5. The zero-order valence-corrected chi connectivity index (χ0v) is 13.7. The van der Waals surface area contributed by atoms with Gasteiger partial charge in [-0.3, -0.25) is 4.90 Å². The van der Waals surface area contributed by atoms with Gasteiger partial charge in [0.25, 0.3) is 0 Å². The fourth-order valence-electron chi connectivity index (χ4n) is 3.26. The Morgan fingerprint density at radius 3 is 2.75 bits per heavy atom. The van der Waals surface area contributed by atoms with Crippen LogP contribution in [-0.2, 0) is 11.3 Å². The molecule has 0 aromatic heterocycles. The maximum absolute atomic E-state index is 13.4. The number of nitrogens with zero attached hydrogens (tertiary/aromatic N) is 1. The van der Waals surface area contributed by atoms with Crippen molar-refractivity contribution >= 4 is 0 Å². The van der Waals surface area contributed by atoms with Gasteiger partial charge in [0, 0.05) is 24.7 Å². The molecule has 0 bridgehead atoms. The number of methoxy groups -OCH3 is 1. The third-order valence-electron chi connectivity index (χ3n) is 4.40. The van der Waals surface area contributed by atoms with Gasteiger partial charge in [0.1, 0.15) is 17.7 Å². The Morgan fingerprint density at radius 2 is 2.04 bits per heavy atom. The van der Waals surface area contributed by atoms with Crippen LogP contribution in [0.2, 0.25) is 0 Å². The Labute approximate surface area is 141 Å². The van der Waals surface area contributed by atoms with E-state index in [1.54, 1.807) is 13.2 Å². The van der Waals surface area contributed by atoms with Gasteiger partial charge in [-0.25, -0.2) is 4.39 Å². The van der Waals surface area contributed by atoms with Crippen molar-refractivity contribution in [2.75, 3.05) is 26.9 Å². The molecule has 128 valence electrons. The van der Waals surface area contributed by atoms with Crippen molar-refractivity contribution in [3.8, 4) is 5.75 Å². The van der Waals surface area contributed by atoms with Gasteiger partial charge >= 0.3 is 0 Å². The largest absolute Gasteiger partial charge is 0.496 e. The van der Waals surface area contributed by atoms with Crippen LogP contribution in [0.3, 0.4) is 0 Å². The van der Waals surface area contributed by atoms with Crippen LogP contribution in [0.4, 0.5) is 4.39 Å². The van der Waals surface area contributed by atoms with Gasteiger partial charge in [-0.1, -0.05) is 36.4 Å². The minimum Gasteiger partial charge on any atom is -0.496 e. The third kappa shape index (κ3) is 3.59. The molecule has 0 amide bonds. The lowest BCUT2D eigenvalue weighted by Crippen LogP contribution is -2.46. The first-order valence-corrected chi connectivity index (χ1v) is 8.07. The van der Waals surface area contributed by atoms with E-state index in [-0.39, 0.29) is 24.6 Å². The van der Waals surface area contributed by atoms with E-state index in [1.165, 1.54) is 12.1 Å². The maximum Gasteiger partial charge on any atom is 0.126 e. The van der Waals surface area contributed by atoms with Gasteiger partial charge < -0.3 is 14.6 Å². The SMILES string of the molecule is COc1cc(F)ccc1CN1CCO[C@H](CO)[C@H]1c1ccccc1. The molecule has 0 unspecified atom stereocenters. The van der Waals surface area contributed by atoms with Crippen molar-refractivity contribution < 1.29 is 19.0 Å². The summed E-state index contributed by atoms with van der Waals surface area (Å²) in [5, 5.41) is 9.72. The van der Waals surface area contributed by atoms with Gasteiger partial charge in [-0.05, 0) is 11.6 Å². The molecule has 1 saturated heterocycles. The summed E-state index contributed by atoms with van der Waals surface area (Å²) in [6.07, 6.45) is -0.285. The summed E-state index contributed by atoms with van der Waals surface area (Å²) in [6.45, 7) is 1.84. The first-order valence-electron chi connectivity index (χ1n) is 8.07. The Balaban J connectivity index is 1.89. The molecule has 1 aliphatic heterocycles. The lowest BCUT2D eigenvalue weighted by molar-refractivity contribution is -0.0961. The van der Waals surface area contributed by atoms with Gasteiger partial charge in [0.15, 0.2) is 0 Å². The Kier molecular flexibility index (Phi) is 5.45. The van der Waals surface area contributed by atoms with Crippen molar-refractivity contribution in [2.45, 2.75) is 18.7 Å². The van der Waals surface area contributed by atoms with Crippen molar-refractivity contribution in [1.29, 1.82) is 0 Å². The highest BCUT2D eigenvalue weighted by Gasteiger charge is 2.33. The van der Waals surface area contributed by atoms with E-state index >= 15 is 0 Å². The average molecular weight is 331 g/mol. The molecule has 1 fully saturated rings. The van der Waals surface area contributed by atoms with Gasteiger partial charge in [-0.2, -0.15) is 0 Å². The van der Waals surface area contributed by atoms with Crippen LogP contribution in [-0.4, -0.2) is 43.0 Å². The molecule has 2 atom stereocenters. The number of hydrogen-bond acceptors (Lipinski definition) is 4. The highest BCUT2D eigenvalue weighted by Crippen LogP contribution is 2.32. The van der Waals surface area contributed by atoms with Crippen LogP contribution in [0.25, 0.3) is 0 Å². The van der Waals surface area contributed by atoms with E-state index in [2.05, 4.69) is 4.90 Å². The second-order valence-corrected chi connectivity index (χ2v) is 5.87. The van der Waals surface area contributed by atoms with E-state index < -0.39 is 0 Å². The molecule has 1 N–H and O–H groups in total. The fourth-order valence-corrected chi connectivity index (χ4v) is 3.26. The predicted octanol–water partition coefficient (Wildman–Crippen LogP) is 2.77. The molecule has 0 saturated carbocycles. The van der Waals surface area contributed by atoms with Crippen LogP contribution < -0.4 is 4.74 Å². The average Bonchev–Trinajstić information content (AvgIpc) is 2.63. The number of halogens is 1. The highest BCUT2D eigenvalue weighted by atomic mass is 19.1. The van der Waals surface area contributed by atoms with E-state index in [0.717, 1.165) is 17.7 Å². The number of morpholine rings is 1. The Morgan fingerprint density at radius 1 is 1.25 bits per heavy atom. The number of benzene rings is 2. The Hall–Kier alpha value is -1.95. The lowest BCUT2D eigenvalue weighted by atomic mass is 9.97. The van der Waals surface area contributed by atoms with Crippen LogP contribution in [0.15, 0.2) is 48.5 Å². The van der Waals surface area contributed by atoms with E-state index in [0.29, 0.717) is 18.9 Å². The summed E-state index contributed by atoms with van der Waals surface area (Å²) in [5.41, 5.74) is 2.01. The van der Waals surface area contributed by atoms with Crippen molar-refractivity contribution in [3.63, 3.8) is 0 Å². The molecule has 0 radical (unpaired) electrons. The van der Waals surface area contributed by atoms with Crippen LogP contribution in [0, 0.1) is 5.82 Å². The van der Waals surface area contributed by atoms with Crippen LogP contribution in [0.5, 0.6) is 5.75 Å². The monoisotopic (exact) mass is 331 g/mol. The second-order valence-electron chi connectivity index (χ2n) is 5.87. The molecular weight excluding hydrogens is 309 g/mol. The summed E-state index contributed by atoms with van der Waals surface area (Å²) in [4.78, 5) is 2.25. The summed E-state index contributed by atoms with van der Waals surface area (Å²) in [5.74, 6) is 0.222. The molecule has 24 heavy (non-hydrogen) atoms. The molecule has 4 nitrogen and oxygen atoms in total. The topological polar surface area (TPSA) is 41.9 Å². The van der Waals surface area contributed by atoms with Crippen LogP contribution in [0.1, 0.15) is 17.2 Å². The molecule has 0 aliphatic carbocycles. The molecule has 5 heteroatoms. The van der Waals surface area contributed by atoms with Gasteiger partial charge in [-0.15, -0.1) is 0 Å². The predicted molar refractivity (Wildman–Crippen MR) is 89.4 cm³/mol. The second kappa shape index (κ2) is 7.75. The first-order chi connectivity index (χ1) is 11.7. The van der Waals surface area contributed by atoms with Gasteiger partial charge in [0.2, 0.25) is 0 Å². The maximum atomic E-state index is 13.4. The van der Waals surface area contributed by atoms with Gasteiger partial charge in [0.05, 0.1) is 26.4 Å². The molecule has 1 aliphatic rings. The summed E-state index contributed by atoms with van der Waals surface area (Å²) >= 11 is 0. The molecule has 2 aromatic carbocycles. The Bertz CT molecular complexity index is 665. The highest BCUT2D eigenvalue weighted by molar-refractivity contribution is 5.34. The van der Waals surface area contributed by atoms with Crippen molar-refractivity contribution in [1.82, 2.24) is 4.90 Å². The standard InChI is InChI=1S/C19H22FNO3/c1-23-17-11-16(20)8-7-15(17)12-21-9-10-24-18(13-22)19(21)14-5-3-2-4-6-14/h2-8,11,18-19,22H,9-10,12-13H2,1H3/t18-,19-/m1/s1. The number of hydrogen-bond donors (Lipinski definition) is 1. The number of ether oxygens (including phenoxy) is 2. The summed E-state index contributed by atoms with van der Waals surface area (Å²) < 4.78 is 24.5. The fraction of sp³-hybridized carbons (Fsp3) is 0.368. The molecule has 3 rings (SSSR count). The minimum atomic E-state index is -0.314. The smallest absolute Gasteiger partial charge is 0.126 e. The third-order valence-corrected chi connectivity index (χ3v) is 4.40. The van der Waals surface area contributed by atoms with E-state index in [9.17, 15) is 9.50 Å². The summed E-state index contributed by atoms with van der Waals surface area (Å²) in [6, 6.07) is 14.5. The van der Waals surface area contributed by atoms with E-state index in [4.69, 9.17) is 9.47 Å². The van der Waals surface area contributed by atoms with Crippen molar-refractivity contribution in [2.24, 2.45) is 0 Å². The number of aliphatic hydroxyl groups is 1. The number of aliphatic hydroxyl groups excluding tert-OH is 1.